The summed E-state index contributed by atoms with van der Waals surface area (Å²) in [6.07, 6.45) is 0.726. The van der Waals surface area contributed by atoms with Gasteiger partial charge in [-0.3, -0.25) is 4.79 Å². The normalized spacial score (nSPS) is 10.6. The maximum Gasteiger partial charge on any atom is 0.387 e. The van der Waals surface area contributed by atoms with Crippen molar-refractivity contribution in [2.75, 3.05) is 13.7 Å². The Kier molecular flexibility index (Phi) is 6.21. The molecule has 0 fully saturated rings. The Morgan fingerprint density at radius 1 is 1.37 bits per heavy atom. The predicted octanol–water partition coefficient (Wildman–Crippen LogP) is 2.02. The highest BCUT2D eigenvalue weighted by Gasteiger charge is 2.09. The van der Waals surface area contributed by atoms with E-state index in [1.54, 1.807) is 19.2 Å². The average molecular weight is 273 g/mol. The van der Waals surface area contributed by atoms with Crippen LogP contribution in [0.15, 0.2) is 24.3 Å². The molecular weight excluding hydrogens is 256 g/mol. The molecule has 0 aliphatic carbocycles. The van der Waals surface area contributed by atoms with E-state index in [2.05, 4.69) is 4.74 Å². The zero-order valence-corrected chi connectivity index (χ0v) is 10.7. The van der Waals surface area contributed by atoms with Crippen LogP contribution < -0.4 is 4.74 Å². The number of ether oxygens (including phenoxy) is 1. The van der Waals surface area contributed by atoms with Gasteiger partial charge in [-0.05, 0) is 24.1 Å². The predicted molar refractivity (Wildman–Crippen MR) is 65.9 cm³/mol. The summed E-state index contributed by atoms with van der Waals surface area (Å²) in [6.45, 7) is -2.47. The number of aliphatic hydroxyl groups excluding tert-OH is 1. The number of rotatable bonds is 7. The van der Waals surface area contributed by atoms with Gasteiger partial charge in [-0.15, -0.1) is 0 Å². The van der Waals surface area contributed by atoms with Crippen molar-refractivity contribution in [2.24, 2.45) is 0 Å². The first-order valence-electron chi connectivity index (χ1n) is 5.91. The standard InChI is InChI=1S/C13H17F2NO3/c1-16(12(18)3-2-8-17)9-10-4-6-11(7-5-10)19-13(14)15/h4-7,13,17H,2-3,8-9H2,1H3. The zero-order chi connectivity index (χ0) is 14.3. The summed E-state index contributed by atoms with van der Waals surface area (Å²) in [5.41, 5.74) is 0.821. The Morgan fingerprint density at radius 3 is 2.53 bits per heavy atom. The highest BCUT2D eigenvalue weighted by molar-refractivity contribution is 5.75. The molecule has 1 aromatic carbocycles. The monoisotopic (exact) mass is 273 g/mol. The first-order valence-corrected chi connectivity index (χ1v) is 5.91. The zero-order valence-electron chi connectivity index (χ0n) is 10.7. The topological polar surface area (TPSA) is 49.8 Å². The Hall–Kier alpha value is -1.69. The first-order chi connectivity index (χ1) is 9.02. The van der Waals surface area contributed by atoms with Gasteiger partial charge in [0.15, 0.2) is 0 Å². The Labute approximate surface area is 110 Å². The average Bonchev–Trinajstić information content (AvgIpc) is 2.37. The number of hydrogen-bond acceptors (Lipinski definition) is 3. The fraction of sp³-hybridized carbons (Fsp3) is 0.462. The van der Waals surface area contributed by atoms with Gasteiger partial charge in [0.2, 0.25) is 5.91 Å². The van der Waals surface area contributed by atoms with E-state index < -0.39 is 6.61 Å². The van der Waals surface area contributed by atoms with Gasteiger partial charge in [-0.1, -0.05) is 12.1 Å². The summed E-state index contributed by atoms with van der Waals surface area (Å²) in [5, 5.41) is 8.64. The number of alkyl halides is 2. The summed E-state index contributed by atoms with van der Waals surface area (Å²) >= 11 is 0. The van der Waals surface area contributed by atoms with E-state index in [1.807, 2.05) is 0 Å². The van der Waals surface area contributed by atoms with E-state index in [0.717, 1.165) is 5.56 Å². The molecule has 0 aliphatic heterocycles. The molecule has 0 aliphatic rings. The molecule has 0 saturated heterocycles. The molecule has 4 nitrogen and oxygen atoms in total. The molecule has 0 unspecified atom stereocenters. The second-order valence-electron chi connectivity index (χ2n) is 4.10. The Balaban J connectivity index is 2.50. The van der Waals surface area contributed by atoms with Gasteiger partial charge < -0.3 is 14.7 Å². The van der Waals surface area contributed by atoms with E-state index in [9.17, 15) is 13.6 Å². The van der Waals surface area contributed by atoms with Crippen LogP contribution in [0.1, 0.15) is 18.4 Å². The van der Waals surface area contributed by atoms with Gasteiger partial charge in [0.25, 0.3) is 0 Å². The van der Waals surface area contributed by atoms with Crippen molar-refractivity contribution in [3.05, 3.63) is 29.8 Å². The van der Waals surface area contributed by atoms with Crippen molar-refractivity contribution in [1.29, 1.82) is 0 Å². The summed E-state index contributed by atoms with van der Waals surface area (Å²) < 4.78 is 28.2. The molecule has 106 valence electrons. The van der Waals surface area contributed by atoms with Crippen LogP contribution in [0.2, 0.25) is 0 Å². The van der Waals surface area contributed by atoms with E-state index in [1.165, 1.54) is 17.0 Å². The molecule has 19 heavy (non-hydrogen) atoms. The lowest BCUT2D eigenvalue weighted by Crippen LogP contribution is -2.26. The minimum atomic E-state index is -2.84. The number of aliphatic hydroxyl groups is 1. The third kappa shape index (κ3) is 5.65. The number of nitrogens with zero attached hydrogens (tertiary/aromatic N) is 1. The summed E-state index contributed by atoms with van der Waals surface area (Å²) in [7, 11) is 1.66. The SMILES string of the molecule is CN(Cc1ccc(OC(F)F)cc1)C(=O)CCCO. The smallest absolute Gasteiger partial charge is 0.387 e. The number of carbonyl (C=O) groups excluding carboxylic acids is 1. The third-order valence-corrected chi connectivity index (χ3v) is 2.54. The van der Waals surface area contributed by atoms with Crippen molar-refractivity contribution in [3.63, 3.8) is 0 Å². The molecule has 0 heterocycles. The number of amides is 1. The fourth-order valence-electron chi connectivity index (χ4n) is 1.56. The van der Waals surface area contributed by atoms with Crippen molar-refractivity contribution in [3.8, 4) is 5.75 Å². The van der Waals surface area contributed by atoms with Crippen LogP contribution in [0.25, 0.3) is 0 Å². The van der Waals surface area contributed by atoms with Crippen LogP contribution in [0.4, 0.5) is 8.78 Å². The molecule has 1 aromatic rings. The number of hydrogen-bond donors (Lipinski definition) is 1. The van der Waals surface area contributed by atoms with Gasteiger partial charge in [0, 0.05) is 26.6 Å². The highest BCUT2D eigenvalue weighted by Crippen LogP contribution is 2.16. The van der Waals surface area contributed by atoms with Crippen LogP contribution in [-0.2, 0) is 11.3 Å². The van der Waals surface area contributed by atoms with E-state index in [4.69, 9.17) is 5.11 Å². The molecule has 0 radical (unpaired) electrons. The number of benzene rings is 1. The third-order valence-electron chi connectivity index (χ3n) is 2.54. The second-order valence-corrected chi connectivity index (χ2v) is 4.10. The highest BCUT2D eigenvalue weighted by atomic mass is 19.3. The van der Waals surface area contributed by atoms with Crippen LogP contribution >= 0.6 is 0 Å². The fourth-order valence-corrected chi connectivity index (χ4v) is 1.56. The van der Waals surface area contributed by atoms with Crippen LogP contribution in [0.5, 0.6) is 5.75 Å². The summed E-state index contributed by atoms with van der Waals surface area (Å²) in [6, 6.07) is 6.14. The molecule has 0 atom stereocenters. The van der Waals surface area contributed by atoms with Crippen LogP contribution in [0.3, 0.4) is 0 Å². The second kappa shape index (κ2) is 7.68. The lowest BCUT2D eigenvalue weighted by atomic mass is 10.2. The number of halogens is 2. The molecule has 1 rings (SSSR count). The van der Waals surface area contributed by atoms with Gasteiger partial charge in [-0.25, -0.2) is 0 Å². The van der Waals surface area contributed by atoms with Crippen molar-refractivity contribution < 1.29 is 23.4 Å². The minimum Gasteiger partial charge on any atom is -0.435 e. The van der Waals surface area contributed by atoms with Gasteiger partial charge in [0.1, 0.15) is 5.75 Å². The van der Waals surface area contributed by atoms with E-state index >= 15 is 0 Å². The van der Waals surface area contributed by atoms with Gasteiger partial charge in [-0.2, -0.15) is 8.78 Å². The van der Waals surface area contributed by atoms with E-state index in [-0.39, 0.29) is 18.3 Å². The number of carbonyl (C=O) groups is 1. The molecular formula is C13H17F2NO3. The maximum atomic E-state index is 12.0. The molecule has 6 heteroatoms. The van der Waals surface area contributed by atoms with Crippen LogP contribution in [-0.4, -0.2) is 36.2 Å². The molecule has 1 N–H and O–H groups in total. The van der Waals surface area contributed by atoms with Crippen molar-refractivity contribution >= 4 is 5.91 Å². The Bertz CT molecular complexity index is 395. The lowest BCUT2D eigenvalue weighted by Gasteiger charge is -2.17. The van der Waals surface area contributed by atoms with Crippen molar-refractivity contribution in [1.82, 2.24) is 4.90 Å². The molecule has 0 spiro atoms. The summed E-state index contributed by atoms with van der Waals surface area (Å²) in [4.78, 5) is 13.1. The molecule has 0 bridgehead atoms. The Morgan fingerprint density at radius 2 is 2.00 bits per heavy atom. The first kappa shape index (κ1) is 15.4. The van der Waals surface area contributed by atoms with E-state index in [0.29, 0.717) is 19.4 Å². The molecule has 0 aromatic heterocycles. The van der Waals surface area contributed by atoms with Crippen molar-refractivity contribution in [2.45, 2.75) is 26.0 Å². The quantitative estimate of drug-likeness (QED) is 0.827. The minimum absolute atomic E-state index is 0.0146. The molecule has 0 saturated carbocycles. The molecule has 1 amide bonds. The van der Waals surface area contributed by atoms with Crippen LogP contribution in [0, 0.1) is 0 Å². The van der Waals surface area contributed by atoms with Gasteiger partial charge >= 0.3 is 6.61 Å². The summed E-state index contributed by atoms with van der Waals surface area (Å²) in [5.74, 6) is 0.0231. The lowest BCUT2D eigenvalue weighted by molar-refractivity contribution is -0.130. The largest absolute Gasteiger partial charge is 0.435 e. The maximum absolute atomic E-state index is 12.0. The van der Waals surface area contributed by atoms with Gasteiger partial charge in [0.05, 0.1) is 0 Å².